The lowest BCUT2D eigenvalue weighted by molar-refractivity contribution is -0.128. The minimum absolute atomic E-state index is 0.245. The second-order valence-corrected chi connectivity index (χ2v) is 7.16. The van der Waals surface area contributed by atoms with Crippen molar-refractivity contribution in [1.29, 1.82) is 0 Å². The molecule has 0 aliphatic heterocycles. The average Bonchev–Trinajstić information content (AvgIpc) is 2.67. The van der Waals surface area contributed by atoms with Gasteiger partial charge in [0.05, 0.1) is 10.6 Å². The quantitative estimate of drug-likeness (QED) is 0.579. The zero-order valence-corrected chi connectivity index (χ0v) is 16.7. The Bertz CT molecular complexity index is 1010. The molecule has 5 nitrogen and oxygen atoms in total. The lowest BCUT2D eigenvalue weighted by atomic mass is 10.1. The molecule has 2 N–H and O–H groups in total. The number of fused-ring (bicyclic) bond motifs is 1. The summed E-state index contributed by atoms with van der Waals surface area (Å²) in [5.41, 5.74) is 4.93. The van der Waals surface area contributed by atoms with Gasteiger partial charge in [0.1, 0.15) is 5.75 Å². The topological polar surface area (TPSA) is 67.4 Å². The van der Waals surface area contributed by atoms with Crippen LogP contribution in [0.15, 0.2) is 65.1 Å². The zero-order chi connectivity index (χ0) is 19.4. The SMILES string of the molecule is CC(Oc1ccc2ccccc2c1)C(=O)NNC(=O)c1cc(Br)ccc1Cl. The molecule has 0 aromatic heterocycles. The minimum atomic E-state index is -0.801. The Morgan fingerprint density at radius 1 is 1.00 bits per heavy atom. The van der Waals surface area contributed by atoms with Crippen molar-refractivity contribution in [3.05, 3.63) is 75.7 Å². The Hall–Kier alpha value is -2.57. The first-order chi connectivity index (χ1) is 12.9. The van der Waals surface area contributed by atoms with Gasteiger partial charge in [-0.3, -0.25) is 20.4 Å². The number of halogens is 2. The van der Waals surface area contributed by atoms with Gasteiger partial charge >= 0.3 is 0 Å². The van der Waals surface area contributed by atoms with E-state index >= 15 is 0 Å². The largest absolute Gasteiger partial charge is 0.481 e. The van der Waals surface area contributed by atoms with Crippen molar-refractivity contribution in [2.24, 2.45) is 0 Å². The Kier molecular flexibility index (Phi) is 5.98. The molecule has 0 bridgehead atoms. The summed E-state index contributed by atoms with van der Waals surface area (Å²) in [6.07, 6.45) is -0.801. The van der Waals surface area contributed by atoms with Crippen LogP contribution in [0.25, 0.3) is 10.8 Å². The number of hydrogen-bond acceptors (Lipinski definition) is 3. The van der Waals surface area contributed by atoms with Gasteiger partial charge < -0.3 is 4.74 Å². The summed E-state index contributed by atoms with van der Waals surface area (Å²) in [5, 5.41) is 2.38. The second-order valence-electron chi connectivity index (χ2n) is 5.84. The number of carbonyl (C=O) groups excluding carboxylic acids is 2. The van der Waals surface area contributed by atoms with E-state index in [0.29, 0.717) is 10.2 Å². The van der Waals surface area contributed by atoms with Crippen molar-refractivity contribution < 1.29 is 14.3 Å². The van der Waals surface area contributed by atoms with Gasteiger partial charge in [0, 0.05) is 4.47 Å². The number of benzene rings is 3. The molecule has 0 aliphatic rings. The molecule has 1 atom stereocenters. The van der Waals surface area contributed by atoms with Crippen LogP contribution in [-0.2, 0) is 4.79 Å². The smallest absolute Gasteiger partial charge is 0.279 e. The first-order valence-corrected chi connectivity index (χ1v) is 9.32. The summed E-state index contributed by atoms with van der Waals surface area (Å²) in [5.74, 6) is -0.437. The van der Waals surface area contributed by atoms with Crippen LogP contribution in [0.2, 0.25) is 5.02 Å². The Balaban J connectivity index is 1.60. The van der Waals surface area contributed by atoms with Crippen molar-refractivity contribution in [2.75, 3.05) is 0 Å². The molecule has 0 heterocycles. The highest BCUT2D eigenvalue weighted by Gasteiger charge is 2.17. The normalized spacial score (nSPS) is 11.7. The van der Waals surface area contributed by atoms with Crippen LogP contribution in [0.1, 0.15) is 17.3 Å². The molecular formula is C20H16BrClN2O3. The fourth-order valence-electron chi connectivity index (χ4n) is 2.46. The molecule has 1 unspecified atom stereocenters. The van der Waals surface area contributed by atoms with E-state index in [2.05, 4.69) is 26.8 Å². The number of hydrogen-bond donors (Lipinski definition) is 2. The fraction of sp³-hybridized carbons (Fsp3) is 0.100. The van der Waals surface area contributed by atoms with Crippen LogP contribution in [0, 0.1) is 0 Å². The first kappa shape index (κ1) is 19.2. The molecule has 7 heteroatoms. The number of ether oxygens (including phenoxy) is 1. The summed E-state index contributed by atoms with van der Waals surface area (Å²) < 4.78 is 6.37. The van der Waals surface area contributed by atoms with Crippen LogP contribution in [0.5, 0.6) is 5.75 Å². The molecule has 0 aliphatic carbocycles. The van der Waals surface area contributed by atoms with E-state index in [-0.39, 0.29) is 10.6 Å². The molecule has 3 aromatic carbocycles. The summed E-state index contributed by atoms with van der Waals surface area (Å²) >= 11 is 9.28. The lowest BCUT2D eigenvalue weighted by Crippen LogP contribution is -2.47. The van der Waals surface area contributed by atoms with E-state index in [0.717, 1.165) is 10.8 Å². The van der Waals surface area contributed by atoms with Crippen LogP contribution in [-0.4, -0.2) is 17.9 Å². The number of carbonyl (C=O) groups is 2. The van der Waals surface area contributed by atoms with Crippen LogP contribution >= 0.6 is 27.5 Å². The number of rotatable bonds is 4. The lowest BCUT2D eigenvalue weighted by Gasteiger charge is -2.16. The van der Waals surface area contributed by atoms with Gasteiger partial charge in [-0.15, -0.1) is 0 Å². The predicted octanol–water partition coefficient (Wildman–Crippen LogP) is 4.48. The Morgan fingerprint density at radius 2 is 1.74 bits per heavy atom. The summed E-state index contributed by atoms with van der Waals surface area (Å²) in [7, 11) is 0. The fourth-order valence-corrected chi connectivity index (χ4v) is 3.02. The Labute approximate surface area is 169 Å². The molecule has 0 saturated heterocycles. The van der Waals surface area contributed by atoms with Crippen molar-refractivity contribution in [3.8, 4) is 5.75 Å². The molecule has 0 fully saturated rings. The van der Waals surface area contributed by atoms with Gasteiger partial charge in [-0.25, -0.2) is 0 Å². The predicted molar refractivity (Wildman–Crippen MR) is 109 cm³/mol. The molecule has 0 saturated carbocycles. The van der Waals surface area contributed by atoms with Crippen molar-refractivity contribution >= 4 is 50.1 Å². The summed E-state index contributed by atoms with van der Waals surface area (Å²) in [6.45, 7) is 1.60. The minimum Gasteiger partial charge on any atom is -0.481 e. The van der Waals surface area contributed by atoms with E-state index in [1.807, 2.05) is 36.4 Å². The van der Waals surface area contributed by atoms with Gasteiger partial charge in [-0.1, -0.05) is 57.9 Å². The molecule has 0 spiro atoms. The summed E-state index contributed by atoms with van der Waals surface area (Å²) in [4.78, 5) is 24.4. The molecule has 3 aromatic rings. The maximum absolute atomic E-state index is 12.2. The van der Waals surface area contributed by atoms with Gasteiger partial charge in [0.15, 0.2) is 6.10 Å². The highest BCUT2D eigenvalue weighted by atomic mass is 79.9. The van der Waals surface area contributed by atoms with Crippen molar-refractivity contribution in [1.82, 2.24) is 10.9 Å². The number of hydrazine groups is 1. The van der Waals surface area contributed by atoms with Gasteiger partial charge in [0.25, 0.3) is 11.8 Å². The second kappa shape index (κ2) is 8.41. The van der Waals surface area contributed by atoms with E-state index in [9.17, 15) is 9.59 Å². The summed E-state index contributed by atoms with van der Waals surface area (Å²) in [6, 6.07) is 18.3. The van der Waals surface area contributed by atoms with Gasteiger partial charge in [0.2, 0.25) is 0 Å². The first-order valence-electron chi connectivity index (χ1n) is 8.15. The molecule has 3 rings (SSSR count). The van der Waals surface area contributed by atoms with E-state index in [1.54, 1.807) is 31.2 Å². The van der Waals surface area contributed by atoms with Crippen LogP contribution in [0.3, 0.4) is 0 Å². The number of amides is 2. The molecule has 0 radical (unpaired) electrons. The molecule has 2 amide bonds. The maximum atomic E-state index is 12.2. The maximum Gasteiger partial charge on any atom is 0.279 e. The van der Waals surface area contributed by atoms with Crippen LogP contribution in [0.4, 0.5) is 0 Å². The molecule has 27 heavy (non-hydrogen) atoms. The highest BCUT2D eigenvalue weighted by molar-refractivity contribution is 9.10. The number of nitrogens with one attached hydrogen (secondary N) is 2. The third-order valence-electron chi connectivity index (χ3n) is 3.88. The van der Waals surface area contributed by atoms with Crippen molar-refractivity contribution in [3.63, 3.8) is 0 Å². The third-order valence-corrected chi connectivity index (χ3v) is 4.70. The monoisotopic (exact) mass is 446 g/mol. The van der Waals surface area contributed by atoms with Gasteiger partial charge in [-0.2, -0.15) is 0 Å². The van der Waals surface area contributed by atoms with E-state index < -0.39 is 17.9 Å². The van der Waals surface area contributed by atoms with Crippen LogP contribution < -0.4 is 15.6 Å². The van der Waals surface area contributed by atoms with E-state index in [4.69, 9.17) is 16.3 Å². The van der Waals surface area contributed by atoms with Gasteiger partial charge in [-0.05, 0) is 48.0 Å². The van der Waals surface area contributed by atoms with Crippen molar-refractivity contribution in [2.45, 2.75) is 13.0 Å². The highest BCUT2D eigenvalue weighted by Crippen LogP contribution is 2.22. The zero-order valence-electron chi connectivity index (χ0n) is 14.3. The molecular weight excluding hydrogens is 432 g/mol. The standard InChI is InChI=1S/C20H16BrClN2O3/c1-12(27-16-8-6-13-4-2-3-5-14(13)10-16)19(25)23-24-20(26)17-11-15(21)7-9-18(17)22/h2-12H,1H3,(H,23,25)(H,24,26). The Morgan fingerprint density at radius 3 is 2.52 bits per heavy atom. The average molecular weight is 448 g/mol. The molecule has 138 valence electrons. The van der Waals surface area contributed by atoms with E-state index in [1.165, 1.54) is 0 Å². The third kappa shape index (κ3) is 4.78.